The molecule has 1 atom stereocenters. The molecule has 1 aromatic heterocycles. The van der Waals surface area contributed by atoms with E-state index in [2.05, 4.69) is 28.1 Å². The number of amides is 2. The summed E-state index contributed by atoms with van der Waals surface area (Å²) in [4.78, 5) is 25.3. The Morgan fingerprint density at radius 3 is 3.11 bits per heavy atom. The van der Waals surface area contributed by atoms with Gasteiger partial charge in [-0.1, -0.05) is 0 Å². The van der Waals surface area contributed by atoms with Gasteiger partial charge in [0.25, 0.3) is 0 Å². The minimum absolute atomic E-state index is 0.0578. The van der Waals surface area contributed by atoms with Crippen LogP contribution >= 0.6 is 12.6 Å². The van der Waals surface area contributed by atoms with Crippen molar-refractivity contribution in [3.8, 4) is 0 Å². The van der Waals surface area contributed by atoms with Crippen molar-refractivity contribution in [2.45, 2.75) is 12.8 Å². The predicted molar refractivity (Wildman–Crippen MR) is 70.4 cm³/mol. The third-order valence-electron chi connectivity index (χ3n) is 3.00. The first kappa shape index (κ1) is 12.9. The minimum atomic E-state index is -0.135. The van der Waals surface area contributed by atoms with Crippen molar-refractivity contribution in [2.75, 3.05) is 24.2 Å². The number of likely N-dealkylation sites (tertiary alicyclic amines) is 1. The lowest BCUT2D eigenvalue weighted by molar-refractivity contribution is -0.130. The molecule has 0 saturated carbocycles. The number of nitrogens with zero attached hydrogens (tertiary/aromatic N) is 2. The summed E-state index contributed by atoms with van der Waals surface area (Å²) in [6.45, 7) is 1.15. The molecule has 1 saturated heterocycles. The summed E-state index contributed by atoms with van der Waals surface area (Å²) in [7, 11) is 0. The van der Waals surface area contributed by atoms with Gasteiger partial charge in [-0.3, -0.25) is 14.7 Å². The van der Waals surface area contributed by atoms with Crippen molar-refractivity contribution in [1.29, 1.82) is 0 Å². The monoisotopic (exact) mass is 268 g/mol. The van der Waals surface area contributed by atoms with Gasteiger partial charge in [0.15, 0.2) is 0 Å². The topological polar surface area (TPSA) is 78.1 Å². The Morgan fingerprint density at radius 1 is 1.61 bits per heavy atom. The molecule has 0 radical (unpaired) electrons. The van der Waals surface area contributed by atoms with Crippen LogP contribution in [0, 0.1) is 5.92 Å². The molecule has 98 valence electrons. The normalized spacial score (nSPS) is 18.9. The number of aromatic nitrogens is 2. The summed E-state index contributed by atoms with van der Waals surface area (Å²) in [6, 6.07) is 0. The number of hydrogen-bond donors (Lipinski definition) is 3. The standard InChI is InChI=1S/C11H16N4O2S/c16-10(2-4-18)15-3-1-8(7-15)11(17)14-9-5-12-13-6-9/h5-6,8,18H,1-4,7H2,(H,12,13)(H,14,17). The molecular weight excluding hydrogens is 252 g/mol. The summed E-state index contributed by atoms with van der Waals surface area (Å²) in [5, 5.41) is 9.16. The van der Waals surface area contributed by atoms with Gasteiger partial charge >= 0.3 is 0 Å². The molecule has 0 aliphatic carbocycles. The molecule has 2 N–H and O–H groups in total. The maximum Gasteiger partial charge on any atom is 0.229 e. The fraction of sp³-hybridized carbons (Fsp3) is 0.545. The number of rotatable bonds is 4. The van der Waals surface area contributed by atoms with Crippen LogP contribution in [-0.4, -0.2) is 45.8 Å². The summed E-state index contributed by atoms with van der Waals surface area (Å²) < 4.78 is 0. The second-order valence-electron chi connectivity index (χ2n) is 4.28. The van der Waals surface area contributed by atoms with Gasteiger partial charge in [-0.25, -0.2) is 0 Å². The Hall–Kier alpha value is -1.50. The molecule has 0 bridgehead atoms. The Balaban J connectivity index is 1.85. The molecule has 1 unspecified atom stereocenters. The van der Waals surface area contributed by atoms with Crippen LogP contribution in [0.25, 0.3) is 0 Å². The third kappa shape index (κ3) is 3.04. The number of carbonyl (C=O) groups excluding carboxylic acids is 2. The number of hydrogen-bond acceptors (Lipinski definition) is 4. The van der Waals surface area contributed by atoms with E-state index in [1.165, 1.54) is 0 Å². The summed E-state index contributed by atoms with van der Waals surface area (Å²) >= 11 is 4.04. The molecule has 0 aromatic carbocycles. The molecule has 1 fully saturated rings. The summed E-state index contributed by atoms with van der Waals surface area (Å²) in [5.74, 6) is 0.422. The van der Waals surface area contributed by atoms with Crippen LogP contribution in [0.2, 0.25) is 0 Å². The zero-order chi connectivity index (χ0) is 13.0. The molecule has 1 aromatic rings. The van der Waals surface area contributed by atoms with E-state index < -0.39 is 0 Å². The molecule has 1 aliphatic heterocycles. The first-order valence-electron chi connectivity index (χ1n) is 5.89. The van der Waals surface area contributed by atoms with Crippen molar-refractivity contribution in [3.63, 3.8) is 0 Å². The quantitative estimate of drug-likeness (QED) is 0.697. The highest BCUT2D eigenvalue weighted by molar-refractivity contribution is 7.80. The van der Waals surface area contributed by atoms with E-state index in [0.717, 1.165) is 0 Å². The number of anilines is 1. The van der Waals surface area contributed by atoms with Crippen LogP contribution in [0.1, 0.15) is 12.8 Å². The molecule has 18 heavy (non-hydrogen) atoms. The van der Waals surface area contributed by atoms with Gasteiger partial charge in [0.1, 0.15) is 0 Å². The molecule has 7 heteroatoms. The molecule has 1 aliphatic rings. The van der Waals surface area contributed by atoms with E-state index in [-0.39, 0.29) is 17.7 Å². The number of aromatic amines is 1. The van der Waals surface area contributed by atoms with Crippen LogP contribution < -0.4 is 5.32 Å². The lowest BCUT2D eigenvalue weighted by Crippen LogP contribution is -2.31. The second-order valence-corrected chi connectivity index (χ2v) is 4.72. The number of carbonyl (C=O) groups is 2. The zero-order valence-corrected chi connectivity index (χ0v) is 10.8. The van der Waals surface area contributed by atoms with Crippen LogP contribution in [0.4, 0.5) is 5.69 Å². The van der Waals surface area contributed by atoms with E-state index in [1.807, 2.05) is 0 Å². The minimum Gasteiger partial charge on any atom is -0.342 e. The lowest BCUT2D eigenvalue weighted by Gasteiger charge is -2.15. The Kier molecular flexibility index (Phi) is 4.24. The first-order chi connectivity index (χ1) is 8.70. The highest BCUT2D eigenvalue weighted by Crippen LogP contribution is 2.19. The summed E-state index contributed by atoms with van der Waals surface area (Å²) in [5.41, 5.74) is 0.653. The molecule has 0 spiro atoms. The van der Waals surface area contributed by atoms with Gasteiger partial charge < -0.3 is 10.2 Å². The van der Waals surface area contributed by atoms with E-state index in [0.29, 0.717) is 37.4 Å². The van der Waals surface area contributed by atoms with Crippen LogP contribution in [0.5, 0.6) is 0 Å². The average Bonchev–Trinajstić information content (AvgIpc) is 2.99. The highest BCUT2D eigenvalue weighted by atomic mass is 32.1. The van der Waals surface area contributed by atoms with Gasteiger partial charge in [-0.05, 0) is 12.2 Å². The van der Waals surface area contributed by atoms with Gasteiger partial charge in [-0.15, -0.1) is 0 Å². The van der Waals surface area contributed by atoms with Crippen LogP contribution in [0.15, 0.2) is 12.4 Å². The Labute approximate surface area is 111 Å². The Bertz CT molecular complexity index is 421. The lowest BCUT2D eigenvalue weighted by atomic mass is 10.1. The first-order valence-corrected chi connectivity index (χ1v) is 6.52. The number of H-pyrrole nitrogens is 1. The third-order valence-corrected chi connectivity index (χ3v) is 3.23. The van der Waals surface area contributed by atoms with E-state index >= 15 is 0 Å². The second kappa shape index (κ2) is 5.90. The van der Waals surface area contributed by atoms with E-state index in [9.17, 15) is 9.59 Å². The van der Waals surface area contributed by atoms with Gasteiger partial charge in [0, 0.05) is 25.7 Å². The van der Waals surface area contributed by atoms with Gasteiger partial charge in [0.2, 0.25) is 11.8 Å². The number of nitrogens with one attached hydrogen (secondary N) is 2. The predicted octanol–water partition coefficient (Wildman–Crippen LogP) is 0.517. The van der Waals surface area contributed by atoms with Gasteiger partial charge in [-0.2, -0.15) is 17.7 Å². The fourth-order valence-electron chi connectivity index (χ4n) is 2.02. The molecule has 2 rings (SSSR count). The van der Waals surface area contributed by atoms with Crippen molar-refractivity contribution in [2.24, 2.45) is 5.92 Å². The van der Waals surface area contributed by atoms with Crippen molar-refractivity contribution < 1.29 is 9.59 Å². The van der Waals surface area contributed by atoms with Crippen LogP contribution in [0.3, 0.4) is 0 Å². The van der Waals surface area contributed by atoms with Crippen molar-refractivity contribution >= 4 is 30.1 Å². The molecular formula is C11H16N4O2S. The molecule has 2 heterocycles. The maximum absolute atomic E-state index is 11.9. The van der Waals surface area contributed by atoms with Crippen LogP contribution in [-0.2, 0) is 9.59 Å². The largest absolute Gasteiger partial charge is 0.342 e. The highest BCUT2D eigenvalue weighted by Gasteiger charge is 2.30. The zero-order valence-electron chi connectivity index (χ0n) is 9.93. The van der Waals surface area contributed by atoms with Crippen molar-refractivity contribution in [3.05, 3.63) is 12.4 Å². The Morgan fingerprint density at radius 2 is 2.44 bits per heavy atom. The molecule has 6 nitrogen and oxygen atoms in total. The summed E-state index contributed by atoms with van der Waals surface area (Å²) in [6.07, 6.45) is 4.31. The number of thiol groups is 1. The van der Waals surface area contributed by atoms with E-state index in [1.54, 1.807) is 17.3 Å². The average molecular weight is 268 g/mol. The molecule has 2 amide bonds. The fourth-order valence-corrected chi connectivity index (χ4v) is 2.21. The van der Waals surface area contributed by atoms with Gasteiger partial charge in [0.05, 0.1) is 17.8 Å². The maximum atomic E-state index is 11.9. The van der Waals surface area contributed by atoms with E-state index in [4.69, 9.17) is 0 Å². The van der Waals surface area contributed by atoms with Crippen molar-refractivity contribution in [1.82, 2.24) is 15.1 Å². The smallest absolute Gasteiger partial charge is 0.229 e. The SMILES string of the molecule is O=C(Nc1cn[nH]c1)C1CCN(C(=O)CCS)C1.